The zero-order chi connectivity index (χ0) is 109. The van der Waals surface area contributed by atoms with Crippen molar-refractivity contribution in [1.82, 2.24) is 49.1 Å². The van der Waals surface area contributed by atoms with Crippen molar-refractivity contribution in [2.45, 2.75) is 103 Å². The first kappa shape index (κ1) is 107. The lowest BCUT2D eigenvalue weighted by atomic mass is 9.88. The number of fused-ring (bicyclic) bond motifs is 15. The van der Waals surface area contributed by atoms with Crippen molar-refractivity contribution in [1.29, 1.82) is 0 Å². The lowest BCUT2D eigenvalue weighted by Crippen LogP contribution is -2.45. The lowest BCUT2D eigenvalue weighted by molar-refractivity contribution is -0.247. The fraction of sp³-hybridized carbons (Fsp3) is 0.248. The highest BCUT2D eigenvalue weighted by atomic mass is 19.4. The fourth-order valence-electron chi connectivity index (χ4n) is 19.3. The molecule has 20 rings (SSSR count). The van der Waals surface area contributed by atoms with E-state index in [1.807, 2.05) is 6.92 Å². The van der Waals surface area contributed by atoms with Gasteiger partial charge in [-0.3, -0.25) is 33.1 Å². The molecule has 782 valence electrons. The van der Waals surface area contributed by atoms with Crippen molar-refractivity contribution >= 4 is 17.8 Å². The average molecular weight is 2090 g/mol. The molecule has 0 spiro atoms. The number of aromatic nitrogens is 10. The molecule has 15 aromatic rings. The number of amides is 2. The number of carboxylic acid groups (broad SMARTS) is 1. The zero-order valence-electron chi connectivity index (χ0n) is 78.5. The number of aryl methyl sites for hydroxylation is 3. The predicted octanol–water partition coefficient (Wildman–Crippen LogP) is 14.8. The molecule has 0 fully saturated rings. The molecule has 0 aliphatic heterocycles. The van der Waals surface area contributed by atoms with Gasteiger partial charge in [0.15, 0.2) is 6.61 Å². The molecule has 5 unspecified atom stereocenters. The number of aliphatic hydroxyl groups excluding tert-OH is 6. The van der Waals surface area contributed by atoms with Gasteiger partial charge < -0.3 is 82.2 Å². The van der Waals surface area contributed by atoms with Crippen LogP contribution in [0.4, 0.5) is 70.2 Å². The first-order valence-electron chi connectivity index (χ1n) is 45.4. The van der Waals surface area contributed by atoms with Gasteiger partial charge in [-0.15, -0.1) is 0 Å². The third-order valence-corrected chi connectivity index (χ3v) is 26.8. The normalized spacial score (nSPS) is 17.9. The number of nitrogens with two attached hydrogens (primary N) is 2. The van der Waals surface area contributed by atoms with Gasteiger partial charge >= 0.3 is 36.9 Å². The van der Waals surface area contributed by atoms with E-state index in [1.54, 1.807) is 67.4 Å². The van der Waals surface area contributed by atoms with Crippen LogP contribution in [0.15, 0.2) is 250 Å². The minimum atomic E-state index is -5.11. The molecular weight excluding hydrogens is 2010 g/mol. The standard InChI is InChI=1S/C22H21F3N2O4.C22H17F3N2O4.C21H18F4N2O4.C20H16F3N3O3.C20H16F3N3O2/c1-13-6-16(14-8-26-27(9-14)20(10-28,11-29)12-30)19-15-4-2-3-5-17(15)21(31,18(19)7-13)22(23,24)25;23-22(24,25)21(30)17-5-2-1-4-15(17)20-16(13-10-26-12-27-11-13)8-14(9-18(20)21)31-7-3-6-19(28)29;22-13-5-15(12-7-26-27(8-12)19(9-28,10-29)11-30)18-14-3-1-2-4-16(14)20(31,17(18)6-13)21(23,24)25;1-26-9-11(8-25-26)14-6-12(29-10-17(24)27)7-16-18(14)13-4-2-3-5-15(13)19(16,28)20(21,22)23;1-2-26-10-12(9-25-26)11-7-14(18(24)27)17-13-5-3-4-6-15(13)19(28,16(17)8-11)20(21,22)23/h2-9,28-31H,10-12H2,1H3;1-2,4-5,8-12,30H,3,6-7H2,(H,28,29);1-8,28-31H,9-11H2;2-9,28H,10H2,1H3,(H2,24,27);3-10,28H,2H2,1H3,(H2,24,27). The Labute approximate surface area is 838 Å². The maximum Gasteiger partial charge on any atom is 0.425 e. The number of benzene rings is 10. The van der Waals surface area contributed by atoms with Crippen LogP contribution in [0.2, 0.25) is 0 Å². The number of alkyl halides is 15. The summed E-state index contributed by atoms with van der Waals surface area (Å²) in [5.41, 5.74) is -6.37. The van der Waals surface area contributed by atoms with E-state index in [1.165, 1.54) is 181 Å². The number of ether oxygens (including phenoxy) is 2. The Kier molecular flexibility index (Phi) is 28.5. The van der Waals surface area contributed by atoms with Gasteiger partial charge in [-0.05, 0) is 147 Å². The number of aliphatic carboxylic acids is 1. The van der Waals surface area contributed by atoms with Crippen molar-refractivity contribution in [2.75, 3.05) is 52.9 Å². The van der Waals surface area contributed by atoms with Crippen molar-refractivity contribution in [3.8, 4) is 123 Å². The molecule has 16 N–H and O–H groups in total. The number of carbonyl (C=O) groups is 3. The van der Waals surface area contributed by atoms with E-state index >= 15 is 0 Å². The highest BCUT2D eigenvalue weighted by Crippen LogP contribution is 2.64. The third kappa shape index (κ3) is 18.0. The predicted molar refractivity (Wildman–Crippen MR) is 506 cm³/mol. The largest absolute Gasteiger partial charge is 0.494 e. The number of primary amides is 2. The molecule has 150 heavy (non-hydrogen) atoms. The molecule has 10 aromatic carbocycles. The Morgan fingerprint density at radius 1 is 0.373 bits per heavy atom. The van der Waals surface area contributed by atoms with Crippen LogP contribution >= 0.6 is 0 Å². The first-order chi connectivity index (χ1) is 70.8. The summed E-state index contributed by atoms with van der Waals surface area (Å²) in [6.07, 6.45) is -9.11. The van der Waals surface area contributed by atoms with Crippen LogP contribution in [0.1, 0.15) is 91.3 Å². The molecular formula is C105H88F16N12O17. The SMILES string of the molecule is CCn1cc(-c2cc(C(N)=O)c3c(c2)C(O)(C(F)(F)F)c2ccccc2-3)cn1.Cc1cc(-c2cnn(C(CO)(CO)CO)c2)c2c(c1)C(O)(C(F)(F)F)c1ccccc1-2.Cn1cc(-c2cc(OCC(N)=O)cc3c2-c2ccccc2C3(O)C(F)(F)F)cn1.O=C(O)CCCOc1cc(-c2cncnc2)c2c(c1)C(O)(C(F)(F)F)c1ccccc1-2.OCC(CO)(CO)n1cc(-c2cc(F)cc3c2-c2ccccc2C3(O)C(F)(F)F)cn1. The molecule has 5 atom stereocenters. The number of hydrogen-bond acceptors (Lipinski definition) is 22. The number of carboxylic acids is 1. The van der Waals surface area contributed by atoms with Crippen LogP contribution in [0.25, 0.3) is 111 Å². The van der Waals surface area contributed by atoms with Gasteiger partial charge in [-0.25, -0.2) is 14.4 Å². The quantitative estimate of drug-likeness (QED) is 0.0209. The van der Waals surface area contributed by atoms with Crippen LogP contribution in [-0.4, -0.2) is 212 Å². The van der Waals surface area contributed by atoms with Crippen LogP contribution in [0, 0.1) is 12.7 Å². The maximum absolute atomic E-state index is 14.5. The van der Waals surface area contributed by atoms with Gasteiger partial charge in [-0.1, -0.05) is 139 Å². The Balaban J connectivity index is 0.000000134. The Hall–Kier alpha value is -15.4. The smallest absolute Gasteiger partial charge is 0.425 e. The highest BCUT2D eigenvalue weighted by molar-refractivity contribution is 6.05. The summed E-state index contributed by atoms with van der Waals surface area (Å²) in [5, 5.41) is 137. The molecule has 5 aromatic heterocycles. The van der Waals surface area contributed by atoms with Gasteiger partial charge in [0, 0.05) is 152 Å². The van der Waals surface area contributed by atoms with Gasteiger partial charge in [0.2, 0.25) is 33.9 Å². The molecule has 29 nitrogen and oxygen atoms in total. The van der Waals surface area contributed by atoms with Crippen LogP contribution in [0.5, 0.6) is 11.5 Å². The number of rotatable bonds is 23. The lowest BCUT2D eigenvalue weighted by Gasteiger charge is -2.28. The molecule has 0 radical (unpaired) electrons. The first-order valence-corrected chi connectivity index (χ1v) is 45.4. The zero-order valence-corrected chi connectivity index (χ0v) is 78.5. The fourth-order valence-corrected chi connectivity index (χ4v) is 19.3. The molecule has 0 bridgehead atoms. The van der Waals surface area contributed by atoms with Crippen LogP contribution in [-0.2, 0) is 62.3 Å². The number of halogens is 16. The molecule has 5 aliphatic carbocycles. The summed E-state index contributed by atoms with van der Waals surface area (Å²) in [5.74, 6) is -3.57. The van der Waals surface area contributed by atoms with Crippen LogP contribution < -0.4 is 20.9 Å². The minimum absolute atomic E-state index is 0.000953. The van der Waals surface area contributed by atoms with E-state index in [0.717, 1.165) is 28.9 Å². The molecule has 5 heterocycles. The van der Waals surface area contributed by atoms with E-state index in [0.29, 0.717) is 62.7 Å². The molecule has 0 saturated carbocycles. The molecule has 45 heteroatoms. The second-order valence-electron chi connectivity index (χ2n) is 35.9. The van der Waals surface area contributed by atoms with Gasteiger partial charge in [0.05, 0.1) is 71.0 Å². The Morgan fingerprint density at radius 2 is 0.720 bits per heavy atom. The van der Waals surface area contributed by atoms with Crippen LogP contribution in [0.3, 0.4) is 0 Å². The third-order valence-electron chi connectivity index (χ3n) is 26.8. The van der Waals surface area contributed by atoms with E-state index < -0.39 is 157 Å². The van der Waals surface area contributed by atoms with E-state index in [4.69, 9.17) is 26.0 Å². The Bertz CT molecular complexity index is 7520. The number of carbonyl (C=O) groups excluding carboxylic acids is 2. The summed E-state index contributed by atoms with van der Waals surface area (Å²) >= 11 is 0. The summed E-state index contributed by atoms with van der Waals surface area (Å²) in [7, 11) is 1.68. The summed E-state index contributed by atoms with van der Waals surface area (Å²) in [6, 6.07) is 41.3. The number of aliphatic hydroxyl groups is 11. The number of nitrogens with zero attached hydrogens (tertiary/aromatic N) is 10. The second-order valence-corrected chi connectivity index (χ2v) is 35.9. The summed E-state index contributed by atoms with van der Waals surface area (Å²) in [6.45, 7) is -0.226. The molecule has 5 aliphatic rings. The van der Waals surface area contributed by atoms with Gasteiger partial charge in [0.25, 0.3) is 5.91 Å². The highest BCUT2D eigenvalue weighted by Gasteiger charge is 2.67. The van der Waals surface area contributed by atoms with Gasteiger partial charge in [0.1, 0.15) is 34.7 Å². The molecule has 2 amide bonds. The second kappa shape index (κ2) is 39.9. The maximum atomic E-state index is 14.5. The van der Waals surface area contributed by atoms with Crippen molar-refractivity contribution in [3.63, 3.8) is 0 Å². The summed E-state index contributed by atoms with van der Waals surface area (Å²) in [4.78, 5) is 41.8. The minimum Gasteiger partial charge on any atom is -0.494 e. The summed E-state index contributed by atoms with van der Waals surface area (Å²) < 4.78 is 242. The number of hydrogen-bond donors (Lipinski definition) is 14. The van der Waals surface area contributed by atoms with E-state index in [9.17, 15) is 141 Å². The van der Waals surface area contributed by atoms with E-state index in [-0.39, 0.29) is 142 Å². The topological polar surface area (TPSA) is 462 Å². The van der Waals surface area contributed by atoms with Crippen molar-refractivity contribution in [2.24, 2.45) is 18.5 Å². The van der Waals surface area contributed by atoms with Crippen molar-refractivity contribution in [3.05, 3.63) is 323 Å². The molecule has 0 saturated heterocycles. The average Bonchev–Trinajstić information content (AvgIpc) is 1.61. The van der Waals surface area contributed by atoms with Gasteiger partial charge in [-0.2, -0.15) is 86.3 Å². The monoisotopic (exact) mass is 2090 g/mol. The Morgan fingerprint density at radius 3 is 1.09 bits per heavy atom. The van der Waals surface area contributed by atoms with Crippen molar-refractivity contribution < 1.29 is 155 Å². The van der Waals surface area contributed by atoms with E-state index in [2.05, 4.69) is 30.4 Å².